The quantitative estimate of drug-likeness (QED) is 0.928. The molecule has 5 heteroatoms. The Hall–Kier alpha value is -1.36. The van der Waals surface area contributed by atoms with Crippen molar-refractivity contribution in [3.05, 3.63) is 33.8 Å². The molecule has 4 nitrogen and oxygen atoms in total. The highest BCUT2D eigenvalue weighted by molar-refractivity contribution is 9.10. The molecule has 1 N–H and O–H groups in total. The van der Waals surface area contributed by atoms with Gasteiger partial charge in [-0.1, -0.05) is 15.9 Å². The van der Waals surface area contributed by atoms with Crippen LogP contribution in [-0.4, -0.2) is 35.5 Å². The van der Waals surface area contributed by atoms with Gasteiger partial charge < -0.3 is 10.0 Å². The summed E-state index contributed by atoms with van der Waals surface area (Å²) >= 11 is 3.33. The number of carboxylic acids is 1. The molecule has 0 radical (unpaired) electrons. The maximum atomic E-state index is 12.0. The summed E-state index contributed by atoms with van der Waals surface area (Å²) in [5.41, 5.74) is 1.54. The van der Waals surface area contributed by atoms with Crippen LogP contribution in [0.15, 0.2) is 22.7 Å². The Bertz CT molecular complexity index is 425. The van der Waals surface area contributed by atoms with Gasteiger partial charge in [-0.3, -0.25) is 9.59 Å². The van der Waals surface area contributed by atoms with Gasteiger partial charge in [-0.05, 0) is 30.7 Å². The lowest BCUT2D eigenvalue weighted by Gasteiger charge is -2.16. The van der Waals surface area contributed by atoms with E-state index in [1.54, 1.807) is 19.2 Å². The van der Waals surface area contributed by atoms with Crippen molar-refractivity contribution < 1.29 is 14.7 Å². The van der Waals surface area contributed by atoms with Crippen LogP contribution in [0, 0.1) is 6.92 Å². The zero-order valence-electron chi connectivity index (χ0n) is 9.74. The molecule has 0 unspecified atom stereocenters. The van der Waals surface area contributed by atoms with Crippen molar-refractivity contribution in [1.29, 1.82) is 0 Å². The highest BCUT2D eigenvalue weighted by Gasteiger charge is 2.13. The van der Waals surface area contributed by atoms with E-state index in [0.29, 0.717) is 5.56 Å². The summed E-state index contributed by atoms with van der Waals surface area (Å²) in [5.74, 6) is -1.08. The van der Waals surface area contributed by atoms with Crippen LogP contribution in [0.4, 0.5) is 0 Å². The maximum Gasteiger partial charge on any atom is 0.305 e. The number of carbonyl (C=O) groups excluding carboxylic acids is 1. The van der Waals surface area contributed by atoms with E-state index in [1.165, 1.54) is 4.90 Å². The number of hydrogen-bond donors (Lipinski definition) is 1. The second kappa shape index (κ2) is 5.82. The molecule has 1 amide bonds. The van der Waals surface area contributed by atoms with Gasteiger partial charge in [-0.25, -0.2) is 0 Å². The lowest BCUT2D eigenvalue weighted by Crippen LogP contribution is -2.29. The van der Waals surface area contributed by atoms with E-state index in [4.69, 9.17) is 5.11 Å². The molecule has 92 valence electrons. The molecule has 0 saturated heterocycles. The molecule has 0 aliphatic rings. The second-order valence-electron chi connectivity index (χ2n) is 3.89. The molecule has 0 bridgehead atoms. The van der Waals surface area contributed by atoms with Crippen molar-refractivity contribution in [2.45, 2.75) is 13.3 Å². The first-order valence-electron chi connectivity index (χ1n) is 5.14. The van der Waals surface area contributed by atoms with E-state index in [-0.39, 0.29) is 18.9 Å². The number of hydrogen-bond acceptors (Lipinski definition) is 2. The van der Waals surface area contributed by atoms with Crippen molar-refractivity contribution in [2.75, 3.05) is 13.6 Å². The summed E-state index contributed by atoms with van der Waals surface area (Å²) in [6.45, 7) is 2.11. The number of carbonyl (C=O) groups is 2. The first-order valence-corrected chi connectivity index (χ1v) is 5.94. The Morgan fingerprint density at radius 3 is 2.53 bits per heavy atom. The third-order valence-electron chi connectivity index (χ3n) is 2.30. The van der Waals surface area contributed by atoms with Crippen LogP contribution >= 0.6 is 15.9 Å². The smallest absolute Gasteiger partial charge is 0.305 e. The van der Waals surface area contributed by atoms with Crippen LogP contribution in [0.2, 0.25) is 0 Å². The van der Waals surface area contributed by atoms with Gasteiger partial charge in [-0.15, -0.1) is 0 Å². The summed E-state index contributed by atoms with van der Waals surface area (Å²) in [7, 11) is 1.60. The SMILES string of the molecule is Cc1cc(Br)cc(C(=O)N(C)CCC(=O)O)c1. The van der Waals surface area contributed by atoms with E-state index in [1.807, 2.05) is 13.0 Å². The average Bonchev–Trinajstić information content (AvgIpc) is 2.23. The van der Waals surface area contributed by atoms with E-state index in [0.717, 1.165) is 10.0 Å². The van der Waals surface area contributed by atoms with Crippen LogP contribution in [0.1, 0.15) is 22.3 Å². The molecule has 0 aromatic heterocycles. The largest absolute Gasteiger partial charge is 0.481 e. The first-order chi connectivity index (χ1) is 7.90. The molecule has 0 atom stereocenters. The fourth-order valence-corrected chi connectivity index (χ4v) is 2.05. The van der Waals surface area contributed by atoms with Crippen molar-refractivity contribution in [2.24, 2.45) is 0 Å². The fraction of sp³-hybridized carbons (Fsp3) is 0.333. The third kappa shape index (κ3) is 4.19. The van der Waals surface area contributed by atoms with Crippen LogP contribution in [0.3, 0.4) is 0 Å². The first kappa shape index (κ1) is 13.7. The van der Waals surface area contributed by atoms with Gasteiger partial charge in [0.25, 0.3) is 5.91 Å². The number of carboxylic acid groups (broad SMARTS) is 1. The van der Waals surface area contributed by atoms with Crippen molar-refractivity contribution >= 4 is 27.8 Å². The molecule has 0 spiro atoms. The minimum atomic E-state index is -0.907. The van der Waals surface area contributed by atoms with Gasteiger partial charge in [0.05, 0.1) is 6.42 Å². The zero-order valence-corrected chi connectivity index (χ0v) is 11.3. The lowest BCUT2D eigenvalue weighted by atomic mass is 10.1. The van der Waals surface area contributed by atoms with Crippen molar-refractivity contribution in [1.82, 2.24) is 4.90 Å². The number of halogens is 1. The van der Waals surface area contributed by atoms with Crippen LogP contribution < -0.4 is 0 Å². The lowest BCUT2D eigenvalue weighted by molar-refractivity contribution is -0.137. The van der Waals surface area contributed by atoms with Crippen LogP contribution in [-0.2, 0) is 4.79 Å². The summed E-state index contributed by atoms with van der Waals surface area (Å²) in [6, 6.07) is 5.42. The topological polar surface area (TPSA) is 57.6 Å². The highest BCUT2D eigenvalue weighted by Crippen LogP contribution is 2.16. The molecule has 1 aromatic rings. The molecule has 0 heterocycles. The minimum absolute atomic E-state index is 0.0464. The monoisotopic (exact) mass is 299 g/mol. The predicted octanol–water partition coefficient (Wildman–Crippen LogP) is 2.30. The Kier molecular flexibility index (Phi) is 4.69. The molecular weight excluding hydrogens is 286 g/mol. The summed E-state index contributed by atoms with van der Waals surface area (Å²) in [6.07, 6.45) is -0.0464. The molecule has 0 saturated carbocycles. The summed E-state index contributed by atoms with van der Waals surface area (Å²) < 4.78 is 0.840. The molecule has 17 heavy (non-hydrogen) atoms. The predicted molar refractivity (Wildman–Crippen MR) is 68.1 cm³/mol. The third-order valence-corrected chi connectivity index (χ3v) is 2.75. The number of nitrogens with zero attached hydrogens (tertiary/aromatic N) is 1. The highest BCUT2D eigenvalue weighted by atomic mass is 79.9. The van der Waals surface area contributed by atoms with Crippen LogP contribution in [0.25, 0.3) is 0 Å². The standard InChI is InChI=1S/C12H14BrNO3/c1-8-5-9(7-10(13)6-8)12(17)14(2)4-3-11(15)16/h5-7H,3-4H2,1-2H3,(H,15,16). The van der Waals surface area contributed by atoms with Gasteiger partial charge in [0.2, 0.25) is 0 Å². The maximum absolute atomic E-state index is 12.0. The number of amides is 1. The summed E-state index contributed by atoms with van der Waals surface area (Å²) in [4.78, 5) is 23.8. The fourth-order valence-electron chi connectivity index (χ4n) is 1.45. The number of aliphatic carboxylic acids is 1. The van der Waals surface area contributed by atoms with Gasteiger partial charge in [0.1, 0.15) is 0 Å². The van der Waals surface area contributed by atoms with Gasteiger partial charge in [0, 0.05) is 23.6 Å². The molecule has 1 rings (SSSR count). The van der Waals surface area contributed by atoms with E-state index < -0.39 is 5.97 Å². The molecule has 0 aliphatic heterocycles. The van der Waals surface area contributed by atoms with E-state index in [2.05, 4.69) is 15.9 Å². The number of benzene rings is 1. The average molecular weight is 300 g/mol. The Balaban J connectivity index is 2.77. The van der Waals surface area contributed by atoms with Gasteiger partial charge in [-0.2, -0.15) is 0 Å². The molecule has 0 aliphatic carbocycles. The Morgan fingerprint density at radius 1 is 1.35 bits per heavy atom. The molecular formula is C12H14BrNO3. The van der Waals surface area contributed by atoms with Gasteiger partial charge in [0.15, 0.2) is 0 Å². The van der Waals surface area contributed by atoms with E-state index >= 15 is 0 Å². The Labute approximate surface area is 108 Å². The second-order valence-corrected chi connectivity index (χ2v) is 4.80. The van der Waals surface area contributed by atoms with Crippen LogP contribution in [0.5, 0.6) is 0 Å². The number of rotatable bonds is 4. The molecule has 0 fully saturated rings. The van der Waals surface area contributed by atoms with Crippen molar-refractivity contribution in [3.8, 4) is 0 Å². The summed E-state index contributed by atoms with van der Waals surface area (Å²) in [5, 5.41) is 8.56. The zero-order chi connectivity index (χ0) is 13.0. The minimum Gasteiger partial charge on any atom is -0.481 e. The Morgan fingerprint density at radius 2 is 2.00 bits per heavy atom. The molecule has 1 aromatic carbocycles. The van der Waals surface area contributed by atoms with E-state index in [9.17, 15) is 9.59 Å². The normalized spacial score (nSPS) is 10.1. The number of aryl methyl sites for hydroxylation is 1. The van der Waals surface area contributed by atoms with Gasteiger partial charge >= 0.3 is 5.97 Å². The van der Waals surface area contributed by atoms with Crippen molar-refractivity contribution in [3.63, 3.8) is 0 Å².